The SMILES string of the molecule is CCN(CC)CCCC(C)N(CC)c1cc(NCCc2cccs2)c(S(=O)(=O)N2CCCCC2)cc1S(=O)(=O)N1CCCCC1. The maximum Gasteiger partial charge on any atom is 0.245 e. The van der Waals surface area contributed by atoms with Crippen LogP contribution in [0.15, 0.2) is 39.4 Å². The second-order valence-corrected chi connectivity index (χ2v) is 17.2. The lowest BCUT2D eigenvalue weighted by molar-refractivity contribution is 0.293. The van der Waals surface area contributed by atoms with Gasteiger partial charge in [0.25, 0.3) is 0 Å². The molecule has 0 saturated carbocycles. The summed E-state index contributed by atoms with van der Waals surface area (Å²) < 4.78 is 60.5. The third kappa shape index (κ3) is 9.01. The van der Waals surface area contributed by atoms with Crippen molar-refractivity contribution in [3.8, 4) is 0 Å². The Labute approximate surface area is 277 Å². The van der Waals surface area contributed by atoms with Crippen LogP contribution in [0.5, 0.6) is 0 Å². The Morgan fingerprint density at radius 3 is 1.98 bits per heavy atom. The first kappa shape index (κ1) is 36.1. The average molecular weight is 682 g/mol. The minimum absolute atomic E-state index is 0.0696. The molecule has 0 radical (unpaired) electrons. The number of piperidine rings is 2. The van der Waals surface area contributed by atoms with Gasteiger partial charge < -0.3 is 15.1 Å². The van der Waals surface area contributed by atoms with Crippen LogP contribution in [-0.4, -0.2) is 95.3 Å². The summed E-state index contributed by atoms with van der Waals surface area (Å²) in [5.41, 5.74) is 1.08. The van der Waals surface area contributed by atoms with E-state index in [1.54, 1.807) is 19.9 Å². The molecule has 0 aliphatic carbocycles. The van der Waals surface area contributed by atoms with Gasteiger partial charge in [-0.2, -0.15) is 8.61 Å². The third-order valence-corrected chi connectivity index (χ3v) is 14.2. The number of hydrogen-bond acceptors (Lipinski definition) is 8. The fraction of sp³-hybridized carbons (Fsp3) is 0.697. The van der Waals surface area contributed by atoms with Gasteiger partial charge in [0.1, 0.15) is 9.79 Å². The number of nitrogens with one attached hydrogen (secondary N) is 1. The van der Waals surface area contributed by atoms with Gasteiger partial charge >= 0.3 is 0 Å². The minimum Gasteiger partial charge on any atom is -0.384 e. The molecule has 45 heavy (non-hydrogen) atoms. The predicted molar refractivity (Wildman–Crippen MR) is 188 cm³/mol. The van der Waals surface area contributed by atoms with E-state index in [4.69, 9.17) is 0 Å². The average Bonchev–Trinajstić information content (AvgIpc) is 3.58. The van der Waals surface area contributed by atoms with Crippen LogP contribution >= 0.6 is 11.3 Å². The number of thiophene rings is 1. The van der Waals surface area contributed by atoms with E-state index in [1.807, 2.05) is 17.5 Å². The maximum atomic E-state index is 14.4. The summed E-state index contributed by atoms with van der Waals surface area (Å²) in [5.74, 6) is 0. The zero-order valence-corrected chi connectivity index (χ0v) is 30.3. The first-order chi connectivity index (χ1) is 21.6. The summed E-state index contributed by atoms with van der Waals surface area (Å²) in [6.45, 7) is 14.6. The molecule has 0 bridgehead atoms. The number of rotatable bonds is 17. The lowest BCUT2D eigenvalue weighted by atomic mass is 10.1. The zero-order chi connectivity index (χ0) is 32.5. The summed E-state index contributed by atoms with van der Waals surface area (Å²) in [6, 6.07) is 7.49. The quantitative estimate of drug-likeness (QED) is 0.216. The second kappa shape index (κ2) is 16.9. The molecule has 12 heteroatoms. The number of nitrogens with zero attached hydrogens (tertiary/aromatic N) is 4. The summed E-state index contributed by atoms with van der Waals surface area (Å²) in [4.78, 5) is 5.97. The van der Waals surface area contributed by atoms with Gasteiger partial charge in [-0.25, -0.2) is 16.8 Å². The van der Waals surface area contributed by atoms with E-state index in [0.717, 1.165) is 77.4 Å². The standard InChI is InChI=1S/C33H55N5O4S3/c1-5-35(6-2)20-14-16-28(4)38(7-3)31-26-30(34-19-18-29-17-15-25-43-29)32(44(39,40)36-21-10-8-11-22-36)27-33(31)45(41,42)37-23-12-9-13-24-37/h15,17,25-28,34H,5-14,16,18-24H2,1-4H3. The topological polar surface area (TPSA) is 93.3 Å². The molecule has 3 heterocycles. The van der Waals surface area contributed by atoms with Gasteiger partial charge in [0.15, 0.2) is 0 Å². The van der Waals surface area contributed by atoms with Gasteiger partial charge in [0.2, 0.25) is 20.0 Å². The van der Waals surface area contributed by atoms with Gasteiger partial charge in [-0.05, 0) is 102 Å². The summed E-state index contributed by atoms with van der Waals surface area (Å²) in [6.07, 6.45) is 7.92. The number of benzene rings is 1. The lowest BCUT2D eigenvalue weighted by Gasteiger charge is -2.35. The predicted octanol–water partition coefficient (Wildman–Crippen LogP) is 6.09. The lowest BCUT2D eigenvalue weighted by Crippen LogP contribution is -2.39. The van der Waals surface area contributed by atoms with Crippen LogP contribution in [0, 0.1) is 0 Å². The smallest absolute Gasteiger partial charge is 0.245 e. The van der Waals surface area contributed by atoms with Crippen molar-refractivity contribution in [3.63, 3.8) is 0 Å². The van der Waals surface area contributed by atoms with Crippen molar-refractivity contribution in [2.75, 3.05) is 69.1 Å². The van der Waals surface area contributed by atoms with E-state index in [2.05, 4.69) is 48.9 Å². The molecular formula is C33H55N5O4S3. The van der Waals surface area contributed by atoms with E-state index in [-0.39, 0.29) is 15.8 Å². The van der Waals surface area contributed by atoms with Crippen LogP contribution in [0.3, 0.4) is 0 Å². The molecule has 2 aliphatic heterocycles. The van der Waals surface area contributed by atoms with Crippen LogP contribution in [0.1, 0.15) is 83.9 Å². The molecule has 0 amide bonds. The van der Waals surface area contributed by atoms with Crippen LogP contribution in [0.4, 0.5) is 11.4 Å². The molecule has 2 aromatic rings. The van der Waals surface area contributed by atoms with Crippen molar-refractivity contribution in [1.29, 1.82) is 0 Å². The molecule has 1 N–H and O–H groups in total. The fourth-order valence-electron chi connectivity index (χ4n) is 6.62. The van der Waals surface area contributed by atoms with Crippen LogP contribution < -0.4 is 10.2 Å². The normalized spacial score (nSPS) is 17.9. The second-order valence-electron chi connectivity index (χ2n) is 12.3. The van der Waals surface area contributed by atoms with Crippen LogP contribution in [0.25, 0.3) is 0 Å². The van der Waals surface area contributed by atoms with Crippen molar-refractivity contribution >= 4 is 42.8 Å². The number of sulfonamides is 2. The molecule has 0 spiro atoms. The minimum atomic E-state index is -3.94. The Bertz CT molecular complexity index is 1400. The number of anilines is 2. The highest BCUT2D eigenvalue weighted by Gasteiger charge is 2.36. The first-order valence-electron chi connectivity index (χ1n) is 17.1. The molecule has 2 saturated heterocycles. The molecule has 1 unspecified atom stereocenters. The van der Waals surface area contributed by atoms with Crippen molar-refractivity contribution in [2.24, 2.45) is 0 Å². The van der Waals surface area contributed by atoms with E-state index >= 15 is 0 Å². The van der Waals surface area contributed by atoms with E-state index in [1.165, 1.54) is 10.9 Å². The van der Waals surface area contributed by atoms with Gasteiger partial charge in [0.05, 0.1) is 11.4 Å². The van der Waals surface area contributed by atoms with Crippen molar-refractivity contribution in [3.05, 3.63) is 34.5 Å². The fourth-order valence-corrected chi connectivity index (χ4v) is 10.8. The van der Waals surface area contributed by atoms with Gasteiger partial charge in [-0.15, -0.1) is 11.3 Å². The molecule has 1 aromatic heterocycles. The Kier molecular flexibility index (Phi) is 13.6. The highest BCUT2D eigenvalue weighted by molar-refractivity contribution is 7.90. The Morgan fingerprint density at radius 2 is 1.44 bits per heavy atom. The van der Waals surface area contributed by atoms with Crippen molar-refractivity contribution < 1.29 is 16.8 Å². The van der Waals surface area contributed by atoms with Crippen molar-refractivity contribution in [1.82, 2.24) is 13.5 Å². The summed E-state index contributed by atoms with van der Waals surface area (Å²) in [5, 5.41) is 5.49. The van der Waals surface area contributed by atoms with Crippen LogP contribution in [-0.2, 0) is 26.5 Å². The summed E-state index contributed by atoms with van der Waals surface area (Å²) in [7, 11) is -7.86. The highest BCUT2D eigenvalue weighted by Crippen LogP contribution is 2.39. The Hall–Kier alpha value is -1.70. The summed E-state index contributed by atoms with van der Waals surface area (Å²) >= 11 is 1.68. The highest BCUT2D eigenvalue weighted by atomic mass is 32.2. The number of hydrogen-bond donors (Lipinski definition) is 1. The third-order valence-electron chi connectivity index (χ3n) is 9.37. The molecule has 4 rings (SSSR count). The first-order valence-corrected chi connectivity index (χ1v) is 20.8. The van der Waals surface area contributed by atoms with E-state index < -0.39 is 20.0 Å². The van der Waals surface area contributed by atoms with Gasteiger partial charge in [-0.3, -0.25) is 0 Å². The Balaban J connectivity index is 1.80. The molecule has 1 atom stereocenters. The van der Waals surface area contributed by atoms with Gasteiger partial charge in [0, 0.05) is 50.2 Å². The molecule has 254 valence electrons. The monoisotopic (exact) mass is 681 g/mol. The molecule has 2 fully saturated rings. The molecule has 1 aromatic carbocycles. The van der Waals surface area contributed by atoms with Crippen LogP contribution in [0.2, 0.25) is 0 Å². The van der Waals surface area contributed by atoms with Gasteiger partial charge in [-0.1, -0.05) is 32.8 Å². The molecular weight excluding hydrogens is 627 g/mol. The maximum absolute atomic E-state index is 14.4. The van der Waals surface area contributed by atoms with E-state index in [0.29, 0.717) is 50.6 Å². The largest absolute Gasteiger partial charge is 0.384 e. The van der Waals surface area contributed by atoms with E-state index in [9.17, 15) is 16.8 Å². The zero-order valence-electron chi connectivity index (χ0n) is 27.8. The molecule has 2 aliphatic rings. The Morgan fingerprint density at radius 1 is 0.844 bits per heavy atom. The van der Waals surface area contributed by atoms with Crippen molar-refractivity contribution in [2.45, 2.75) is 101 Å². The molecule has 9 nitrogen and oxygen atoms in total.